The summed E-state index contributed by atoms with van der Waals surface area (Å²) in [5, 5.41) is 9.59. The lowest BCUT2D eigenvalue weighted by atomic mass is 10.1. The zero-order valence-corrected chi connectivity index (χ0v) is 12.0. The van der Waals surface area contributed by atoms with Gasteiger partial charge < -0.3 is 10.6 Å². The second-order valence-corrected chi connectivity index (χ2v) is 5.64. The van der Waals surface area contributed by atoms with Crippen molar-refractivity contribution in [2.24, 2.45) is 5.92 Å². The molecule has 0 saturated heterocycles. The van der Waals surface area contributed by atoms with Crippen molar-refractivity contribution in [2.45, 2.75) is 26.7 Å². The number of hydrogen-bond donors (Lipinski definition) is 2. The summed E-state index contributed by atoms with van der Waals surface area (Å²) in [6, 6.07) is 2.07. The van der Waals surface area contributed by atoms with E-state index in [9.17, 15) is 0 Å². The lowest BCUT2D eigenvalue weighted by Crippen LogP contribution is -2.07. The van der Waals surface area contributed by atoms with Gasteiger partial charge in [-0.3, -0.25) is 0 Å². The maximum absolute atomic E-state index is 4.48. The molecular weight excluding hydrogens is 244 g/mol. The van der Waals surface area contributed by atoms with Crippen LogP contribution in [0.3, 0.4) is 0 Å². The first kappa shape index (κ1) is 13.1. The SMILES string of the molecule is CNc1nc(NCCCC(C)C)c2ccsc2n1. The number of nitrogens with one attached hydrogen (secondary N) is 2. The van der Waals surface area contributed by atoms with Crippen LogP contribution < -0.4 is 10.6 Å². The van der Waals surface area contributed by atoms with Crippen molar-refractivity contribution in [2.75, 3.05) is 24.2 Å². The maximum atomic E-state index is 4.48. The Kier molecular flexibility index (Phi) is 4.36. The predicted molar refractivity (Wildman–Crippen MR) is 79.5 cm³/mol. The van der Waals surface area contributed by atoms with E-state index < -0.39 is 0 Å². The molecule has 2 aromatic heterocycles. The molecule has 0 fully saturated rings. The summed E-state index contributed by atoms with van der Waals surface area (Å²) < 4.78 is 0. The van der Waals surface area contributed by atoms with Crippen LogP contribution in [0.15, 0.2) is 11.4 Å². The summed E-state index contributed by atoms with van der Waals surface area (Å²) in [6.07, 6.45) is 2.41. The van der Waals surface area contributed by atoms with Crippen molar-refractivity contribution < 1.29 is 0 Å². The Balaban J connectivity index is 2.08. The fourth-order valence-corrected chi connectivity index (χ4v) is 2.58. The maximum Gasteiger partial charge on any atom is 0.225 e. The quantitative estimate of drug-likeness (QED) is 0.783. The number of fused-ring (bicyclic) bond motifs is 1. The Hall–Kier alpha value is -1.36. The zero-order valence-electron chi connectivity index (χ0n) is 11.2. The van der Waals surface area contributed by atoms with Gasteiger partial charge in [0.2, 0.25) is 5.95 Å². The predicted octanol–water partition coefficient (Wildman–Crippen LogP) is 3.58. The van der Waals surface area contributed by atoms with Gasteiger partial charge in [-0.25, -0.2) is 4.98 Å². The Morgan fingerprint density at radius 1 is 1.33 bits per heavy atom. The van der Waals surface area contributed by atoms with Crippen LogP contribution in [0, 0.1) is 5.92 Å². The van der Waals surface area contributed by atoms with Gasteiger partial charge in [-0.1, -0.05) is 13.8 Å². The molecule has 2 rings (SSSR count). The lowest BCUT2D eigenvalue weighted by molar-refractivity contribution is 0.567. The second kappa shape index (κ2) is 6.00. The molecule has 2 heterocycles. The molecule has 0 aromatic carbocycles. The largest absolute Gasteiger partial charge is 0.369 e. The molecule has 98 valence electrons. The monoisotopic (exact) mass is 264 g/mol. The van der Waals surface area contributed by atoms with E-state index in [0.29, 0.717) is 5.95 Å². The summed E-state index contributed by atoms with van der Waals surface area (Å²) in [5.74, 6) is 2.37. The van der Waals surface area contributed by atoms with Crippen molar-refractivity contribution in [1.82, 2.24) is 9.97 Å². The first-order chi connectivity index (χ1) is 8.70. The van der Waals surface area contributed by atoms with E-state index in [4.69, 9.17) is 0 Å². The smallest absolute Gasteiger partial charge is 0.225 e. The first-order valence-electron chi connectivity index (χ1n) is 6.37. The number of hydrogen-bond acceptors (Lipinski definition) is 5. The van der Waals surface area contributed by atoms with Crippen LogP contribution in [-0.4, -0.2) is 23.6 Å². The summed E-state index contributed by atoms with van der Waals surface area (Å²) in [5.41, 5.74) is 0. The number of aromatic nitrogens is 2. The third kappa shape index (κ3) is 3.10. The van der Waals surface area contributed by atoms with Gasteiger partial charge in [0.1, 0.15) is 10.6 Å². The minimum Gasteiger partial charge on any atom is -0.369 e. The third-order valence-corrected chi connectivity index (χ3v) is 3.61. The fraction of sp³-hybridized carbons (Fsp3) is 0.538. The van der Waals surface area contributed by atoms with E-state index in [0.717, 1.165) is 28.5 Å². The molecule has 2 aromatic rings. The van der Waals surface area contributed by atoms with E-state index >= 15 is 0 Å². The molecule has 0 radical (unpaired) electrons. The topological polar surface area (TPSA) is 49.8 Å². The minimum absolute atomic E-state index is 0.677. The number of thiophene rings is 1. The lowest BCUT2D eigenvalue weighted by Gasteiger charge is -2.09. The van der Waals surface area contributed by atoms with Gasteiger partial charge in [-0.2, -0.15) is 4.98 Å². The van der Waals surface area contributed by atoms with Crippen LogP contribution in [0.5, 0.6) is 0 Å². The Bertz CT molecular complexity index is 507. The standard InChI is InChI=1S/C13H20N4S/c1-9(2)5-4-7-15-11-10-6-8-18-12(10)17-13(14-3)16-11/h6,8-9H,4-5,7H2,1-3H3,(H2,14,15,16,17). The minimum atomic E-state index is 0.677. The van der Waals surface area contributed by atoms with Crippen LogP contribution in [-0.2, 0) is 0 Å². The van der Waals surface area contributed by atoms with E-state index in [1.165, 1.54) is 12.8 Å². The average molecular weight is 264 g/mol. The molecule has 0 unspecified atom stereocenters. The van der Waals surface area contributed by atoms with Gasteiger partial charge in [0.25, 0.3) is 0 Å². The van der Waals surface area contributed by atoms with Crippen molar-refractivity contribution in [3.63, 3.8) is 0 Å². The average Bonchev–Trinajstić information content (AvgIpc) is 2.82. The van der Waals surface area contributed by atoms with Gasteiger partial charge in [-0.15, -0.1) is 11.3 Å². The summed E-state index contributed by atoms with van der Waals surface area (Å²) in [6.45, 7) is 5.46. The molecule has 4 nitrogen and oxygen atoms in total. The fourth-order valence-electron chi connectivity index (χ4n) is 1.82. The molecule has 0 aliphatic heterocycles. The summed E-state index contributed by atoms with van der Waals surface area (Å²) >= 11 is 1.64. The first-order valence-corrected chi connectivity index (χ1v) is 7.25. The van der Waals surface area contributed by atoms with Gasteiger partial charge in [0.05, 0.1) is 5.39 Å². The normalized spacial score (nSPS) is 11.1. The molecule has 0 aliphatic carbocycles. The van der Waals surface area contributed by atoms with Crippen molar-refractivity contribution in [3.05, 3.63) is 11.4 Å². The van der Waals surface area contributed by atoms with Gasteiger partial charge in [0, 0.05) is 13.6 Å². The van der Waals surface area contributed by atoms with Crippen LogP contribution in [0.25, 0.3) is 10.2 Å². The highest BCUT2D eigenvalue weighted by molar-refractivity contribution is 7.16. The molecule has 0 bridgehead atoms. The molecule has 5 heteroatoms. The Labute approximate surface area is 112 Å². The van der Waals surface area contributed by atoms with Crippen LogP contribution in [0.2, 0.25) is 0 Å². The number of rotatable bonds is 6. The second-order valence-electron chi connectivity index (χ2n) is 4.75. The molecule has 0 aliphatic rings. The van der Waals surface area contributed by atoms with E-state index in [1.807, 2.05) is 7.05 Å². The molecule has 18 heavy (non-hydrogen) atoms. The Morgan fingerprint density at radius 3 is 2.89 bits per heavy atom. The number of nitrogens with zero attached hydrogens (tertiary/aromatic N) is 2. The van der Waals surface area contributed by atoms with Gasteiger partial charge in [0.15, 0.2) is 0 Å². The van der Waals surface area contributed by atoms with Gasteiger partial charge >= 0.3 is 0 Å². The van der Waals surface area contributed by atoms with Crippen molar-refractivity contribution in [1.29, 1.82) is 0 Å². The van der Waals surface area contributed by atoms with E-state index in [1.54, 1.807) is 11.3 Å². The van der Waals surface area contributed by atoms with E-state index in [-0.39, 0.29) is 0 Å². The highest BCUT2D eigenvalue weighted by Crippen LogP contribution is 2.26. The van der Waals surface area contributed by atoms with Crippen molar-refractivity contribution >= 4 is 33.3 Å². The highest BCUT2D eigenvalue weighted by Gasteiger charge is 2.07. The summed E-state index contributed by atoms with van der Waals surface area (Å²) in [7, 11) is 1.84. The Morgan fingerprint density at radius 2 is 2.17 bits per heavy atom. The van der Waals surface area contributed by atoms with Crippen LogP contribution in [0.1, 0.15) is 26.7 Å². The summed E-state index contributed by atoms with van der Waals surface area (Å²) in [4.78, 5) is 9.94. The van der Waals surface area contributed by atoms with Crippen LogP contribution in [0.4, 0.5) is 11.8 Å². The van der Waals surface area contributed by atoms with Crippen molar-refractivity contribution in [3.8, 4) is 0 Å². The third-order valence-electron chi connectivity index (χ3n) is 2.80. The molecular formula is C13H20N4S. The molecule has 0 saturated carbocycles. The van der Waals surface area contributed by atoms with Gasteiger partial charge in [-0.05, 0) is 30.2 Å². The van der Waals surface area contributed by atoms with Crippen LogP contribution >= 0.6 is 11.3 Å². The van der Waals surface area contributed by atoms with E-state index in [2.05, 4.69) is 45.9 Å². The molecule has 0 amide bonds. The molecule has 0 atom stereocenters. The highest BCUT2D eigenvalue weighted by atomic mass is 32.1. The molecule has 2 N–H and O–H groups in total. The molecule has 0 spiro atoms. The zero-order chi connectivity index (χ0) is 13.0. The number of anilines is 2.